The van der Waals surface area contributed by atoms with Crippen LogP contribution in [-0.2, 0) is 0 Å². The van der Waals surface area contributed by atoms with E-state index >= 15 is 0 Å². The first-order valence-electron chi connectivity index (χ1n) is 6.99. The van der Waals surface area contributed by atoms with Gasteiger partial charge in [0, 0.05) is 12.6 Å². The zero-order valence-electron chi connectivity index (χ0n) is 10.9. The highest BCUT2D eigenvalue weighted by Gasteiger charge is 2.17. The summed E-state index contributed by atoms with van der Waals surface area (Å²) in [5.41, 5.74) is 0. The molecule has 2 saturated heterocycles. The van der Waals surface area contributed by atoms with Crippen molar-refractivity contribution in [1.29, 1.82) is 0 Å². The van der Waals surface area contributed by atoms with Gasteiger partial charge in [0.25, 0.3) is 0 Å². The molecular weight excluding hydrogens is 208 g/mol. The van der Waals surface area contributed by atoms with Gasteiger partial charge >= 0.3 is 0 Å². The lowest BCUT2D eigenvalue weighted by atomic mass is 10.2. The second-order valence-electron chi connectivity index (χ2n) is 5.10. The van der Waals surface area contributed by atoms with Crippen LogP contribution in [0.5, 0.6) is 0 Å². The van der Waals surface area contributed by atoms with Crippen molar-refractivity contribution >= 4 is 0 Å². The molecule has 2 rings (SSSR count). The topological polar surface area (TPSA) is 6.48 Å². The predicted octanol–water partition coefficient (Wildman–Crippen LogP) is 2.49. The van der Waals surface area contributed by atoms with E-state index in [-0.39, 0.29) is 0 Å². The molecule has 0 aliphatic carbocycles. The third-order valence-corrected chi connectivity index (χ3v) is 3.79. The number of likely N-dealkylation sites (tertiary alicyclic amines) is 2. The summed E-state index contributed by atoms with van der Waals surface area (Å²) in [4.78, 5) is 5.08. The van der Waals surface area contributed by atoms with Crippen molar-refractivity contribution in [3.05, 3.63) is 31.2 Å². The maximum absolute atomic E-state index is 3.83. The minimum atomic E-state index is 0.470. The average molecular weight is 233 g/mol. The van der Waals surface area contributed by atoms with Gasteiger partial charge in [-0.25, -0.2) is 0 Å². The Morgan fingerprint density at radius 1 is 0.941 bits per heavy atom. The van der Waals surface area contributed by atoms with Gasteiger partial charge in [-0.3, -0.25) is 9.80 Å². The van der Waals surface area contributed by atoms with E-state index in [0.717, 1.165) is 6.54 Å². The Labute approximate surface area is 106 Å². The summed E-state index contributed by atoms with van der Waals surface area (Å²) >= 11 is 0. The maximum Gasteiger partial charge on any atom is 0.0462 e. The molecule has 0 spiro atoms. The van der Waals surface area contributed by atoms with Crippen molar-refractivity contribution in [3.63, 3.8) is 0 Å². The molecule has 1 atom stereocenters. The minimum Gasteiger partial charge on any atom is -0.300 e. The normalized spacial score (nSPS) is 25.5. The summed E-state index contributed by atoms with van der Waals surface area (Å²) in [5, 5.41) is 0. The van der Waals surface area contributed by atoms with Crippen LogP contribution < -0.4 is 0 Å². The Morgan fingerprint density at radius 3 is 2.24 bits per heavy atom. The molecule has 1 unspecified atom stereocenters. The molecule has 2 aliphatic rings. The zero-order valence-corrected chi connectivity index (χ0v) is 10.9. The van der Waals surface area contributed by atoms with Gasteiger partial charge in [0.05, 0.1) is 0 Å². The first kappa shape index (κ1) is 12.8. The Bertz CT molecular complexity index is 258. The molecule has 0 saturated carbocycles. The highest BCUT2D eigenvalue weighted by atomic mass is 15.2. The van der Waals surface area contributed by atoms with E-state index < -0.39 is 0 Å². The van der Waals surface area contributed by atoms with E-state index in [4.69, 9.17) is 0 Å². The van der Waals surface area contributed by atoms with Crippen LogP contribution >= 0.6 is 0 Å². The van der Waals surface area contributed by atoms with Crippen molar-refractivity contribution in [1.82, 2.24) is 9.80 Å². The van der Waals surface area contributed by atoms with Gasteiger partial charge in [0.1, 0.15) is 0 Å². The van der Waals surface area contributed by atoms with Crippen LogP contribution in [0.4, 0.5) is 0 Å². The van der Waals surface area contributed by atoms with Crippen molar-refractivity contribution in [3.8, 4) is 0 Å². The van der Waals surface area contributed by atoms with Crippen LogP contribution in [-0.4, -0.2) is 48.6 Å². The Morgan fingerprint density at radius 2 is 1.59 bits per heavy atom. The monoisotopic (exact) mass is 233 g/mol. The lowest BCUT2D eigenvalue weighted by Gasteiger charge is -2.22. The number of nitrogens with zero attached hydrogens (tertiary/aromatic N) is 2. The van der Waals surface area contributed by atoms with Crippen molar-refractivity contribution in [2.24, 2.45) is 0 Å². The van der Waals surface area contributed by atoms with Gasteiger partial charge in [-0.05, 0) is 58.8 Å². The standard InChI is InChI=1S/C15H25N2/c1-2-8-15(17-13-5-6-14-17)9-7-12-16-10-3-4-11-16/h2,7-9,15H,1,3-6,10-14H2. The number of allylic oxidation sites excluding steroid dienone is 1. The highest BCUT2D eigenvalue weighted by molar-refractivity contribution is 5.09. The molecule has 0 N–H and O–H groups in total. The van der Waals surface area contributed by atoms with Crippen molar-refractivity contribution in [2.75, 3.05) is 32.7 Å². The first-order valence-corrected chi connectivity index (χ1v) is 6.99. The average Bonchev–Trinajstić information content (AvgIpc) is 3.01. The smallest absolute Gasteiger partial charge is 0.0462 e. The second kappa shape index (κ2) is 6.97. The fourth-order valence-electron chi connectivity index (χ4n) is 2.80. The van der Waals surface area contributed by atoms with E-state index in [1.165, 1.54) is 51.9 Å². The van der Waals surface area contributed by atoms with Gasteiger partial charge in [-0.15, -0.1) is 0 Å². The molecule has 0 aromatic heterocycles. The molecule has 2 heterocycles. The predicted molar refractivity (Wildman–Crippen MR) is 73.9 cm³/mol. The molecule has 1 radical (unpaired) electrons. The molecule has 0 aromatic rings. The van der Waals surface area contributed by atoms with Gasteiger partial charge in [-0.1, -0.05) is 24.3 Å². The van der Waals surface area contributed by atoms with Crippen LogP contribution in [0.1, 0.15) is 25.7 Å². The van der Waals surface area contributed by atoms with Gasteiger partial charge in [0.15, 0.2) is 0 Å². The summed E-state index contributed by atoms with van der Waals surface area (Å²) < 4.78 is 0. The van der Waals surface area contributed by atoms with E-state index in [1.807, 2.05) is 6.08 Å². The van der Waals surface area contributed by atoms with E-state index in [0.29, 0.717) is 6.04 Å². The van der Waals surface area contributed by atoms with Crippen molar-refractivity contribution < 1.29 is 0 Å². The molecule has 2 heteroatoms. The van der Waals surface area contributed by atoms with Crippen LogP contribution in [0.3, 0.4) is 0 Å². The number of hydrogen-bond donors (Lipinski definition) is 0. The number of rotatable bonds is 5. The largest absolute Gasteiger partial charge is 0.300 e. The molecule has 2 nitrogen and oxygen atoms in total. The third kappa shape index (κ3) is 3.97. The minimum absolute atomic E-state index is 0.470. The van der Waals surface area contributed by atoms with Gasteiger partial charge in [0.2, 0.25) is 0 Å². The number of hydrogen-bond acceptors (Lipinski definition) is 2. The second-order valence-corrected chi connectivity index (χ2v) is 5.10. The molecule has 2 fully saturated rings. The molecule has 95 valence electrons. The lowest BCUT2D eigenvalue weighted by molar-refractivity contribution is 0.320. The van der Waals surface area contributed by atoms with E-state index in [9.17, 15) is 0 Å². The molecular formula is C15H25N2. The summed E-state index contributed by atoms with van der Waals surface area (Å²) in [5.74, 6) is 0. The van der Waals surface area contributed by atoms with Gasteiger partial charge in [-0.2, -0.15) is 0 Å². The fourth-order valence-corrected chi connectivity index (χ4v) is 2.80. The third-order valence-electron chi connectivity index (χ3n) is 3.79. The Kier molecular flexibility index (Phi) is 5.27. The van der Waals surface area contributed by atoms with E-state index in [1.54, 1.807) is 0 Å². The summed E-state index contributed by atoms with van der Waals surface area (Å²) in [6, 6.07) is 0.470. The first-order chi connectivity index (χ1) is 8.40. The fraction of sp³-hybridized carbons (Fsp3) is 0.667. The Balaban J connectivity index is 1.80. The molecule has 0 amide bonds. The molecule has 0 bridgehead atoms. The van der Waals surface area contributed by atoms with Crippen LogP contribution in [0.2, 0.25) is 0 Å². The van der Waals surface area contributed by atoms with Gasteiger partial charge < -0.3 is 0 Å². The van der Waals surface area contributed by atoms with Crippen LogP contribution in [0.25, 0.3) is 0 Å². The summed E-state index contributed by atoms with van der Waals surface area (Å²) in [6.45, 7) is 9.99. The van der Waals surface area contributed by atoms with E-state index in [2.05, 4.69) is 35.0 Å². The lowest BCUT2D eigenvalue weighted by Crippen LogP contribution is -2.29. The highest BCUT2D eigenvalue weighted by Crippen LogP contribution is 2.14. The molecule has 0 aromatic carbocycles. The maximum atomic E-state index is 3.83. The quantitative estimate of drug-likeness (QED) is 0.673. The van der Waals surface area contributed by atoms with Crippen LogP contribution in [0.15, 0.2) is 24.3 Å². The molecule has 2 aliphatic heterocycles. The zero-order chi connectivity index (χ0) is 11.9. The van der Waals surface area contributed by atoms with Crippen molar-refractivity contribution in [2.45, 2.75) is 31.7 Å². The van der Waals surface area contributed by atoms with Crippen LogP contribution in [0, 0.1) is 6.92 Å². The molecule has 17 heavy (non-hydrogen) atoms. The summed E-state index contributed by atoms with van der Waals surface area (Å²) in [7, 11) is 0. The Hall–Kier alpha value is -0.600. The SMILES string of the molecule is [CH2]C=CC(C=CCN1CCCC1)N1CCCC1. The summed E-state index contributed by atoms with van der Waals surface area (Å²) in [6.07, 6.45) is 14.3.